The molecule has 142 valence electrons. The number of hydrogen-bond acceptors (Lipinski definition) is 4. The van der Waals surface area contributed by atoms with E-state index in [1.54, 1.807) is 19.2 Å². The lowest BCUT2D eigenvalue weighted by Crippen LogP contribution is -2.40. The Morgan fingerprint density at radius 2 is 2.11 bits per heavy atom. The Balaban J connectivity index is 1.74. The molecule has 27 heavy (non-hydrogen) atoms. The molecular weight excluding hydrogens is 358 g/mol. The van der Waals surface area contributed by atoms with E-state index < -0.39 is 28.7 Å². The van der Waals surface area contributed by atoms with Gasteiger partial charge < -0.3 is 10.4 Å². The van der Waals surface area contributed by atoms with Gasteiger partial charge >= 0.3 is 0 Å². The number of hydrogen-bond donors (Lipinski definition) is 3. The van der Waals surface area contributed by atoms with Crippen LogP contribution < -0.4 is 10.9 Å². The molecule has 0 aliphatic heterocycles. The molecule has 0 saturated carbocycles. The van der Waals surface area contributed by atoms with Gasteiger partial charge in [0.1, 0.15) is 17.2 Å². The Bertz CT molecular complexity index is 1070. The Morgan fingerprint density at radius 1 is 1.37 bits per heavy atom. The maximum Gasteiger partial charge on any atom is 0.276 e. The zero-order chi connectivity index (χ0) is 19.8. The van der Waals surface area contributed by atoms with Gasteiger partial charge in [-0.05, 0) is 19.9 Å². The highest BCUT2D eigenvalue weighted by molar-refractivity contribution is 5.78. The highest BCUT2D eigenvalue weighted by atomic mass is 19.1. The summed E-state index contributed by atoms with van der Waals surface area (Å²) in [5.74, 6) is -2.21. The van der Waals surface area contributed by atoms with Crippen LogP contribution in [0.15, 0.2) is 35.3 Å². The molecule has 2 heterocycles. The SMILES string of the molecule is Cc1nc2cc[nH]n2c(=O)c1CC(=O)NC[C@@](C)(O)c1ccc(F)cc1F. The number of aryl methyl sites for hydroxylation is 1. The summed E-state index contributed by atoms with van der Waals surface area (Å²) in [5.41, 5.74) is -1.22. The van der Waals surface area contributed by atoms with Crippen molar-refractivity contribution < 1.29 is 18.7 Å². The van der Waals surface area contributed by atoms with Gasteiger partial charge in [0.2, 0.25) is 5.91 Å². The summed E-state index contributed by atoms with van der Waals surface area (Å²) in [5, 5.41) is 15.6. The number of nitrogens with one attached hydrogen (secondary N) is 2. The van der Waals surface area contributed by atoms with Crippen LogP contribution in [-0.2, 0) is 16.8 Å². The Hall–Kier alpha value is -3.07. The standard InChI is InChI=1S/C18H18F2N4O3/c1-10-12(17(26)24-15(23-10)5-6-22-24)8-16(25)21-9-18(2,27)13-4-3-11(19)7-14(13)20/h3-7,22,27H,8-9H2,1-2H3,(H,21,25)/t18-/m1/s1. The van der Waals surface area contributed by atoms with Gasteiger partial charge in [0.05, 0.1) is 13.0 Å². The summed E-state index contributed by atoms with van der Waals surface area (Å²) in [4.78, 5) is 28.9. The number of aromatic amines is 1. The van der Waals surface area contributed by atoms with Gasteiger partial charge in [-0.1, -0.05) is 6.07 Å². The number of nitrogens with zero attached hydrogens (tertiary/aromatic N) is 2. The Morgan fingerprint density at radius 3 is 2.81 bits per heavy atom. The first-order valence-corrected chi connectivity index (χ1v) is 8.19. The fourth-order valence-corrected chi connectivity index (χ4v) is 2.82. The summed E-state index contributed by atoms with van der Waals surface area (Å²) in [7, 11) is 0. The molecule has 0 saturated heterocycles. The van der Waals surface area contributed by atoms with Gasteiger partial charge in [0, 0.05) is 35.2 Å². The highest BCUT2D eigenvalue weighted by Gasteiger charge is 2.27. The minimum absolute atomic E-state index is 0.144. The summed E-state index contributed by atoms with van der Waals surface area (Å²) in [6, 6.07) is 4.44. The van der Waals surface area contributed by atoms with E-state index in [-0.39, 0.29) is 24.1 Å². The number of aromatic nitrogens is 3. The molecule has 3 N–H and O–H groups in total. The van der Waals surface area contributed by atoms with Crippen LogP contribution in [0.5, 0.6) is 0 Å². The lowest BCUT2D eigenvalue weighted by atomic mass is 9.95. The highest BCUT2D eigenvalue weighted by Crippen LogP contribution is 2.23. The topological polar surface area (TPSA) is 99.5 Å². The number of benzene rings is 1. The van der Waals surface area contributed by atoms with Gasteiger partial charge in [-0.3, -0.25) is 14.7 Å². The van der Waals surface area contributed by atoms with Crippen molar-refractivity contribution in [3.63, 3.8) is 0 Å². The first-order chi connectivity index (χ1) is 12.7. The second-order valence-corrected chi connectivity index (χ2v) is 6.49. The minimum Gasteiger partial charge on any atom is -0.383 e. The summed E-state index contributed by atoms with van der Waals surface area (Å²) >= 11 is 0. The van der Waals surface area contributed by atoms with E-state index in [4.69, 9.17) is 0 Å². The minimum atomic E-state index is -1.75. The normalized spacial score (nSPS) is 13.5. The molecule has 0 aliphatic rings. The van der Waals surface area contributed by atoms with Crippen LogP contribution in [0.3, 0.4) is 0 Å². The number of halogens is 2. The summed E-state index contributed by atoms with van der Waals surface area (Å²) < 4.78 is 28.1. The first-order valence-electron chi connectivity index (χ1n) is 8.19. The van der Waals surface area contributed by atoms with E-state index in [0.29, 0.717) is 17.4 Å². The van der Waals surface area contributed by atoms with Gasteiger partial charge in [-0.25, -0.2) is 18.3 Å². The predicted octanol–water partition coefficient (Wildman–Crippen LogP) is 1.18. The first kappa shape index (κ1) is 18.7. The maximum absolute atomic E-state index is 13.9. The molecule has 0 fully saturated rings. The average Bonchev–Trinajstić information content (AvgIpc) is 3.05. The van der Waals surface area contributed by atoms with Crippen molar-refractivity contribution in [1.29, 1.82) is 0 Å². The van der Waals surface area contributed by atoms with Crippen LogP contribution in [-0.4, -0.2) is 32.2 Å². The lowest BCUT2D eigenvalue weighted by molar-refractivity contribution is -0.121. The van der Waals surface area contributed by atoms with Crippen molar-refractivity contribution >= 4 is 11.6 Å². The van der Waals surface area contributed by atoms with Crippen molar-refractivity contribution in [1.82, 2.24) is 19.9 Å². The predicted molar refractivity (Wildman–Crippen MR) is 93.2 cm³/mol. The molecule has 0 radical (unpaired) electrons. The second-order valence-electron chi connectivity index (χ2n) is 6.49. The smallest absolute Gasteiger partial charge is 0.276 e. The average molecular weight is 376 g/mol. The molecule has 1 aromatic carbocycles. The van der Waals surface area contributed by atoms with Crippen molar-refractivity contribution in [2.24, 2.45) is 0 Å². The molecule has 7 nitrogen and oxygen atoms in total. The molecule has 0 aliphatic carbocycles. The quantitative estimate of drug-likeness (QED) is 0.623. The van der Waals surface area contributed by atoms with Crippen molar-refractivity contribution in [2.75, 3.05) is 6.54 Å². The number of carbonyl (C=O) groups is 1. The third-order valence-corrected chi connectivity index (χ3v) is 4.32. The third kappa shape index (κ3) is 3.72. The number of H-pyrrole nitrogens is 1. The van der Waals surface area contributed by atoms with Gasteiger partial charge in [0.25, 0.3) is 5.56 Å². The van der Waals surface area contributed by atoms with E-state index in [9.17, 15) is 23.5 Å². The molecule has 0 bridgehead atoms. The number of fused-ring (bicyclic) bond motifs is 1. The number of rotatable bonds is 5. The third-order valence-electron chi connectivity index (χ3n) is 4.32. The van der Waals surface area contributed by atoms with Gasteiger partial charge in [0.15, 0.2) is 5.65 Å². The molecule has 1 atom stereocenters. The zero-order valence-corrected chi connectivity index (χ0v) is 14.7. The Labute approximate surface area is 152 Å². The van der Waals surface area contributed by atoms with Crippen molar-refractivity contribution in [3.05, 3.63) is 69.3 Å². The monoisotopic (exact) mass is 376 g/mol. The van der Waals surface area contributed by atoms with E-state index >= 15 is 0 Å². The van der Waals surface area contributed by atoms with E-state index in [2.05, 4.69) is 15.4 Å². The maximum atomic E-state index is 13.9. The van der Waals surface area contributed by atoms with Crippen molar-refractivity contribution in [2.45, 2.75) is 25.9 Å². The Kier molecular flexibility index (Phi) is 4.79. The van der Waals surface area contributed by atoms with Crippen LogP contribution in [0.1, 0.15) is 23.7 Å². The fraction of sp³-hybridized carbons (Fsp3) is 0.278. The summed E-state index contributed by atoms with van der Waals surface area (Å²) in [6.07, 6.45) is 1.31. The van der Waals surface area contributed by atoms with E-state index in [1.807, 2.05) is 0 Å². The number of amides is 1. The molecule has 0 unspecified atom stereocenters. The summed E-state index contributed by atoms with van der Waals surface area (Å²) in [6.45, 7) is 2.62. The largest absolute Gasteiger partial charge is 0.383 e. The van der Waals surface area contributed by atoms with Crippen LogP contribution in [0, 0.1) is 18.6 Å². The number of carbonyl (C=O) groups excluding carboxylic acids is 1. The van der Waals surface area contributed by atoms with E-state index in [0.717, 1.165) is 12.1 Å². The zero-order valence-electron chi connectivity index (χ0n) is 14.7. The molecule has 1 amide bonds. The van der Waals surface area contributed by atoms with Crippen LogP contribution >= 0.6 is 0 Å². The van der Waals surface area contributed by atoms with Crippen molar-refractivity contribution in [3.8, 4) is 0 Å². The molecule has 2 aromatic heterocycles. The molecule has 3 aromatic rings. The lowest BCUT2D eigenvalue weighted by Gasteiger charge is -2.24. The molecule has 3 rings (SSSR count). The van der Waals surface area contributed by atoms with Crippen LogP contribution in [0.4, 0.5) is 8.78 Å². The van der Waals surface area contributed by atoms with Gasteiger partial charge in [-0.2, -0.15) is 0 Å². The molecular formula is C18H18F2N4O3. The second kappa shape index (κ2) is 6.92. The molecule has 0 spiro atoms. The molecule has 9 heteroatoms. The van der Waals surface area contributed by atoms with Crippen LogP contribution in [0.25, 0.3) is 5.65 Å². The fourth-order valence-electron chi connectivity index (χ4n) is 2.82. The number of aliphatic hydroxyl groups is 1. The van der Waals surface area contributed by atoms with E-state index in [1.165, 1.54) is 11.4 Å². The van der Waals surface area contributed by atoms with Crippen LogP contribution in [0.2, 0.25) is 0 Å². The van der Waals surface area contributed by atoms with Gasteiger partial charge in [-0.15, -0.1) is 0 Å².